The SMILES string of the molecule is COc1ccc(SC(C)=O)c([N+](=O)[O-])c1. The van der Waals surface area contributed by atoms with E-state index in [9.17, 15) is 14.9 Å². The maximum absolute atomic E-state index is 10.9. The van der Waals surface area contributed by atoms with Crippen LogP contribution in [0.2, 0.25) is 0 Å². The molecule has 0 heterocycles. The zero-order chi connectivity index (χ0) is 11.4. The van der Waals surface area contributed by atoms with Crippen molar-refractivity contribution in [1.82, 2.24) is 0 Å². The second-order valence-corrected chi connectivity index (χ2v) is 3.90. The molecular formula is C9H9NO4S. The van der Waals surface area contributed by atoms with Gasteiger partial charge < -0.3 is 4.74 Å². The number of thioether (sulfide) groups is 1. The lowest BCUT2D eigenvalue weighted by Gasteiger charge is -2.02. The van der Waals surface area contributed by atoms with E-state index in [1.165, 1.54) is 26.2 Å². The zero-order valence-electron chi connectivity index (χ0n) is 8.22. The van der Waals surface area contributed by atoms with Crippen LogP contribution < -0.4 is 4.74 Å². The third kappa shape index (κ3) is 2.95. The van der Waals surface area contributed by atoms with Gasteiger partial charge in [0.05, 0.1) is 23.0 Å². The summed E-state index contributed by atoms with van der Waals surface area (Å²) >= 11 is 0.836. The van der Waals surface area contributed by atoms with Crippen molar-refractivity contribution in [2.24, 2.45) is 0 Å². The highest BCUT2D eigenvalue weighted by atomic mass is 32.2. The van der Waals surface area contributed by atoms with Crippen LogP contribution in [0.25, 0.3) is 0 Å². The lowest BCUT2D eigenvalue weighted by molar-refractivity contribution is -0.387. The Morgan fingerprint density at radius 1 is 1.53 bits per heavy atom. The number of nitrogens with zero attached hydrogens (tertiary/aromatic N) is 1. The van der Waals surface area contributed by atoms with E-state index in [-0.39, 0.29) is 10.8 Å². The molecule has 15 heavy (non-hydrogen) atoms. The minimum atomic E-state index is -0.534. The van der Waals surface area contributed by atoms with Crippen molar-refractivity contribution in [1.29, 1.82) is 0 Å². The predicted molar refractivity (Wildman–Crippen MR) is 56.2 cm³/mol. The average molecular weight is 227 g/mol. The Kier molecular flexibility index (Phi) is 3.68. The molecule has 0 aliphatic carbocycles. The van der Waals surface area contributed by atoms with Crippen LogP contribution in [0.5, 0.6) is 5.75 Å². The Balaban J connectivity index is 3.15. The second kappa shape index (κ2) is 4.79. The van der Waals surface area contributed by atoms with E-state index < -0.39 is 4.92 Å². The Hall–Kier alpha value is -1.56. The second-order valence-electron chi connectivity index (χ2n) is 2.68. The average Bonchev–Trinajstić information content (AvgIpc) is 2.17. The van der Waals surface area contributed by atoms with Crippen molar-refractivity contribution in [3.63, 3.8) is 0 Å². The number of methoxy groups -OCH3 is 1. The topological polar surface area (TPSA) is 69.4 Å². The molecule has 6 heteroatoms. The van der Waals surface area contributed by atoms with Crippen LogP contribution in [-0.4, -0.2) is 17.1 Å². The van der Waals surface area contributed by atoms with Gasteiger partial charge in [0.2, 0.25) is 0 Å². The van der Waals surface area contributed by atoms with Gasteiger partial charge >= 0.3 is 0 Å². The number of ether oxygens (including phenoxy) is 1. The van der Waals surface area contributed by atoms with Crippen LogP contribution in [0.15, 0.2) is 23.1 Å². The van der Waals surface area contributed by atoms with Gasteiger partial charge in [-0.3, -0.25) is 14.9 Å². The summed E-state index contributed by atoms with van der Waals surface area (Å²) in [5.41, 5.74) is -0.116. The van der Waals surface area contributed by atoms with E-state index in [4.69, 9.17) is 4.74 Å². The van der Waals surface area contributed by atoms with Crippen molar-refractivity contribution in [3.05, 3.63) is 28.3 Å². The number of nitro groups is 1. The number of nitro benzene ring substituents is 1. The van der Waals surface area contributed by atoms with Gasteiger partial charge in [0, 0.05) is 6.92 Å². The van der Waals surface area contributed by atoms with Crippen molar-refractivity contribution in [2.75, 3.05) is 7.11 Å². The number of carbonyl (C=O) groups is 1. The van der Waals surface area contributed by atoms with Gasteiger partial charge in [0.25, 0.3) is 5.69 Å². The lowest BCUT2D eigenvalue weighted by atomic mass is 10.3. The van der Waals surface area contributed by atoms with E-state index >= 15 is 0 Å². The molecule has 1 aromatic rings. The maximum atomic E-state index is 10.9. The minimum absolute atomic E-state index is 0.116. The summed E-state index contributed by atoms with van der Waals surface area (Å²) in [6.07, 6.45) is 0. The normalized spacial score (nSPS) is 9.73. The number of hydrogen-bond donors (Lipinski definition) is 0. The molecule has 0 spiro atoms. The molecule has 0 aromatic heterocycles. The first-order chi connectivity index (χ1) is 7.04. The Labute approximate surface area is 90.6 Å². The number of hydrogen-bond acceptors (Lipinski definition) is 5. The van der Waals surface area contributed by atoms with Gasteiger partial charge in [-0.25, -0.2) is 0 Å². The Morgan fingerprint density at radius 3 is 2.67 bits per heavy atom. The van der Waals surface area contributed by atoms with Crippen LogP contribution >= 0.6 is 11.8 Å². The van der Waals surface area contributed by atoms with Gasteiger partial charge in [0.15, 0.2) is 5.12 Å². The third-order valence-electron chi connectivity index (χ3n) is 1.62. The highest BCUT2D eigenvalue weighted by molar-refractivity contribution is 8.13. The molecule has 0 fully saturated rings. The van der Waals surface area contributed by atoms with E-state index in [0.29, 0.717) is 10.6 Å². The van der Waals surface area contributed by atoms with E-state index in [0.717, 1.165) is 11.8 Å². The van der Waals surface area contributed by atoms with Crippen LogP contribution in [0.1, 0.15) is 6.92 Å². The van der Waals surface area contributed by atoms with Crippen molar-refractivity contribution in [3.8, 4) is 5.75 Å². The molecule has 80 valence electrons. The molecule has 1 rings (SSSR count). The summed E-state index contributed by atoms with van der Waals surface area (Å²) < 4.78 is 4.87. The minimum Gasteiger partial charge on any atom is -0.497 e. The fourth-order valence-corrected chi connectivity index (χ4v) is 1.69. The summed E-state index contributed by atoms with van der Waals surface area (Å²) in [6, 6.07) is 4.38. The monoisotopic (exact) mass is 227 g/mol. The Bertz CT molecular complexity index is 405. The molecule has 0 atom stereocenters. The van der Waals surface area contributed by atoms with E-state index in [1.807, 2.05) is 0 Å². The summed E-state index contributed by atoms with van der Waals surface area (Å²) in [5.74, 6) is 0.398. The molecule has 0 bridgehead atoms. The maximum Gasteiger partial charge on any atom is 0.287 e. The summed E-state index contributed by atoms with van der Waals surface area (Å²) in [5, 5.41) is 10.5. The molecule has 0 saturated heterocycles. The first-order valence-corrected chi connectivity index (χ1v) is 4.87. The number of carbonyl (C=O) groups excluding carboxylic acids is 1. The van der Waals surface area contributed by atoms with Crippen LogP contribution in [0, 0.1) is 10.1 Å². The van der Waals surface area contributed by atoms with E-state index in [1.54, 1.807) is 6.07 Å². The van der Waals surface area contributed by atoms with Crippen LogP contribution in [-0.2, 0) is 4.79 Å². The fraction of sp³-hybridized carbons (Fsp3) is 0.222. The van der Waals surface area contributed by atoms with Crippen LogP contribution in [0.4, 0.5) is 5.69 Å². The highest BCUT2D eigenvalue weighted by Gasteiger charge is 2.16. The number of rotatable bonds is 3. The molecule has 0 unspecified atom stereocenters. The number of benzene rings is 1. The molecule has 0 aliphatic rings. The largest absolute Gasteiger partial charge is 0.497 e. The van der Waals surface area contributed by atoms with Gasteiger partial charge in [-0.05, 0) is 23.9 Å². The van der Waals surface area contributed by atoms with Gasteiger partial charge in [-0.15, -0.1) is 0 Å². The third-order valence-corrected chi connectivity index (χ3v) is 2.47. The molecule has 0 N–H and O–H groups in total. The first kappa shape index (κ1) is 11.5. The standard InChI is InChI=1S/C9H9NO4S/c1-6(11)15-9-4-3-7(14-2)5-8(9)10(12)13/h3-5H,1-2H3. The quantitative estimate of drug-likeness (QED) is 0.450. The molecule has 0 aliphatic heterocycles. The van der Waals surface area contributed by atoms with Crippen molar-refractivity contribution in [2.45, 2.75) is 11.8 Å². The first-order valence-electron chi connectivity index (χ1n) is 4.05. The zero-order valence-corrected chi connectivity index (χ0v) is 9.04. The van der Waals surface area contributed by atoms with Gasteiger partial charge in [-0.1, -0.05) is 0 Å². The molecule has 0 amide bonds. The summed E-state index contributed by atoms with van der Waals surface area (Å²) in [4.78, 5) is 21.3. The molecule has 5 nitrogen and oxygen atoms in total. The lowest BCUT2D eigenvalue weighted by Crippen LogP contribution is -1.94. The Morgan fingerprint density at radius 2 is 2.20 bits per heavy atom. The molecular weight excluding hydrogens is 218 g/mol. The van der Waals surface area contributed by atoms with Crippen LogP contribution in [0.3, 0.4) is 0 Å². The van der Waals surface area contributed by atoms with Gasteiger partial charge in [-0.2, -0.15) is 0 Å². The highest BCUT2D eigenvalue weighted by Crippen LogP contribution is 2.32. The smallest absolute Gasteiger partial charge is 0.287 e. The summed E-state index contributed by atoms with van der Waals surface area (Å²) in [6.45, 7) is 1.36. The van der Waals surface area contributed by atoms with E-state index in [2.05, 4.69) is 0 Å². The predicted octanol–water partition coefficient (Wildman–Crippen LogP) is 2.24. The molecule has 0 radical (unpaired) electrons. The summed E-state index contributed by atoms with van der Waals surface area (Å²) in [7, 11) is 1.43. The van der Waals surface area contributed by atoms with Gasteiger partial charge in [0.1, 0.15) is 5.75 Å². The van der Waals surface area contributed by atoms with Crippen molar-refractivity contribution >= 4 is 22.6 Å². The molecule has 1 aromatic carbocycles. The fourth-order valence-electron chi connectivity index (χ4n) is 1.01. The van der Waals surface area contributed by atoms with Crippen molar-refractivity contribution < 1.29 is 14.5 Å². The molecule has 0 saturated carbocycles.